The number of oxime groups is 1. The Kier molecular flexibility index (Phi) is 7.42. The highest BCUT2D eigenvalue weighted by atomic mass is 32.2. The van der Waals surface area contributed by atoms with Crippen LogP contribution in [0.4, 0.5) is 5.13 Å². The zero-order valence-corrected chi connectivity index (χ0v) is 21.0. The SMILES string of the molecule is CON=C1C(=O)N2C(C(=O)[O-])=C(C=CSc3cccc[n+]3C)C(NC(=O)Cc3csc(N)n3)S[C@H]12. The van der Waals surface area contributed by atoms with Crippen LogP contribution in [0.25, 0.3) is 0 Å². The minimum absolute atomic E-state index is 0.0384. The highest BCUT2D eigenvalue weighted by molar-refractivity contribution is 8.02. The van der Waals surface area contributed by atoms with E-state index in [2.05, 4.69) is 15.5 Å². The van der Waals surface area contributed by atoms with E-state index >= 15 is 0 Å². The van der Waals surface area contributed by atoms with E-state index in [1.165, 1.54) is 30.2 Å². The Morgan fingerprint density at radius 1 is 1.46 bits per heavy atom. The van der Waals surface area contributed by atoms with Gasteiger partial charge in [0.05, 0.1) is 23.8 Å². The number of anilines is 1. The molecule has 14 heteroatoms. The number of nitrogen functional groups attached to an aromatic ring is 1. The summed E-state index contributed by atoms with van der Waals surface area (Å²) in [6, 6.07) is 5.67. The van der Waals surface area contributed by atoms with Crippen molar-refractivity contribution in [3.05, 3.63) is 58.2 Å². The molecule has 1 unspecified atom stereocenters. The molecule has 2 aliphatic heterocycles. The molecule has 1 saturated heterocycles. The first-order valence-electron chi connectivity index (χ1n) is 10.1. The number of β-lactam (4-membered cyclic amide) rings is 1. The van der Waals surface area contributed by atoms with E-state index < -0.39 is 22.6 Å². The van der Waals surface area contributed by atoms with E-state index in [4.69, 9.17) is 10.6 Å². The number of nitrogens with two attached hydrogens (primary N) is 1. The summed E-state index contributed by atoms with van der Waals surface area (Å²) in [4.78, 5) is 47.4. The summed E-state index contributed by atoms with van der Waals surface area (Å²) in [6.07, 6.45) is 3.41. The molecular weight excluding hydrogens is 512 g/mol. The highest BCUT2D eigenvalue weighted by Crippen LogP contribution is 2.42. The van der Waals surface area contributed by atoms with Crippen LogP contribution in [0.3, 0.4) is 0 Å². The number of hydrogen-bond donors (Lipinski definition) is 2. The number of amides is 2. The number of carbonyl (C=O) groups is 3. The second-order valence-electron chi connectivity index (χ2n) is 7.29. The summed E-state index contributed by atoms with van der Waals surface area (Å²) >= 11 is 3.73. The molecule has 2 aromatic heterocycles. The number of carboxylic acid groups (broad SMARTS) is 1. The lowest BCUT2D eigenvalue weighted by atomic mass is 10.0. The number of thioether (sulfide) groups is 2. The maximum atomic E-state index is 12.8. The standard InChI is InChI=1S/C21H20N6O5S3/c1-26-7-4-3-5-14(26)33-8-6-12-16(20(30)31)27-18(29)15(25-32-2)19(27)35-17(12)24-13(28)9-11-10-34-21(22)23-11/h3-8,10,17,19H,9H2,1-2H3,(H3-,22,23,24,28,30,31)/t17?,19-/m1/s1. The maximum Gasteiger partial charge on any atom is 0.280 e. The Hall–Kier alpha value is -3.36. The number of nitrogens with zero attached hydrogens (tertiary/aromatic N) is 4. The zero-order chi connectivity index (χ0) is 25.1. The number of aromatic nitrogens is 2. The number of fused-ring (bicyclic) bond motifs is 1. The fourth-order valence-electron chi connectivity index (χ4n) is 3.45. The lowest BCUT2D eigenvalue weighted by Crippen LogP contribution is -2.65. The van der Waals surface area contributed by atoms with E-state index in [0.29, 0.717) is 10.8 Å². The van der Waals surface area contributed by atoms with Gasteiger partial charge in [0.1, 0.15) is 24.9 Å². The van der Waals surface area contributed by atoms with Gasteiger partial charge in [0.2, 0.25) is 10.9 Å². The number of thiazole rings is 1. The van der Waals surface area contributed by atoms with Gasteiger partial charge in [0, 0.05) is 23.1 Å². The molecule has 2 aromatic rings. The second kappa shape index (κ2) is 10.5. The number of pyridine rings is 1. The summed E-state index contributed by atoms with van der Waals surface area (Å²) in [5.41, 5.74) is 6.08. The van der Waals surface area contributed by atoms with E-state index in [9.17, 15) is 19.5 Å². The summed E-state index contributed by atoms with van der Waals surface area (Å²) in [5, 5.41) is 21.8. The Morgan fingerprint density at radius 3 is 2.91 bits per heavy atom. The molecule has 182 valence electrons. The topological polar surface area (TPSA) is 154 Å². The van der Waals surface area contributed by atoms with Crippen LogP contribution in [0.5, 0.6) is 0 Å². The predicted molar refractivity (Wildman–Crippen MR) is 129 cm³/mol. The van der Waals surface area contributed by atoms with Crippen LogP contribution >= 0.6 is 34.9 Å². The average molecular weight is 533 g/mol. The van der Waals surface area contributed by atoms with Gasteiger partial charge in [-0.05, 0) is 29.3 Å². The van der Waals surface area contributed by atoms with Crippen molar-refractivity contribution >= 4 is 63.5 Å². The summed E-state index contributed by atoms with van der Waals surface area (Å²) in [7, 11) is 3.17. The quantitative estimate of drug-likeness (QED) is 0.203. The molecule has 35 heavy (non-hydrogen) atoms. The van der Waals surface area contributed by atoms with Gasteiger partial charge in [-0.15, -0.1) is 23.1 Å². The van der Waals surface area contributed by atoms with Crippen LogP contribution in [-0.4, -0.2) is 51.2 Å². The smallest absolute Gasteiger partial charge is 0.280 e. The van der Waals surface area contributed by atoms with Gasteiger partial charge in [-0.2, -0.15) is 4.57 Å². The Labute approximate surface area is 212 Å². The molecule has 1 fully saturated rings. The zero-order valence-electron chi connectivity index (χ0n) is 18.5. The van der Waals surface area contributed by atoms with E-state index in [0.717, 1.165) is 21.7 Å². The van der Waals surface area contributed by atoms with Gasteiger partial charge in [-0.3, -0.25) is 14.5 Å². The monoisotopic (exact) mass is 532 g/mol. The molecule has 2 amide bonds. The lowest BCUT2D eigenvalue weighted by molar-refractivity contribution is -0.708. The fourth-order valence-corrected chi connectivity index (χ4v) is 6.14. The highest BCUT2D eigenvalue weighted by Gasteiger charge is 2.52. The van der Waals surface area contributed by atoms with Crippen LogP contribution in [0, 0.1) is 0 Å². The first-order chi connectivity index (χ1) is 16.8. The Bertz CT molecular complexity index is 1270. The van der Waals surface area contributed by atoms with Crippen molar-refractivity contribution < 1.29 is 28.9 Å². The van der Waals surface area contributed by atoms with Gasteiger partial charge in [0.25, 0.3) is 5.91 Å². The molecule has 0 aromatic carbocycles. The number of hydrogen-bond acceptors (Lipinski definition) is 11. The number of aliphatic carboxylic acids is 1. The van der Waals surface area contributed by atoms with Crippen LogP contribution < -0.4 is 20.7 Å². The maximum absolute atomic E-state index is 12.8. The normalized spacial score (nSPS) is 20.7. The first-order valence-corrected chi connectivity index (χ1v) is 12.8. The van der Waals surface area contributed by atoms with E-state index in [1.807, 2.05) is 36.0 Å². The van der Waals surface area contributed by atoms with Gasteiger partial charge >= 0.3 is 0 Å². The molecule has 0 spiro atoms. The third kappa shape index (κ3) is 5.18. The average Bonchev–Trinajstić information content (AvgIpc) is 3.22. The van der Waals surface area contributed by atoms with Crippen molar-refractivity contribution in [2.45, 2.75) is 22.2 Å². The van der Waals surface area contributed by atoms with Crippen molar-refractivity contribution in [2.24, 2.45) is 12.2 Å². The minimum Gasteiger partial charge on any atom is -0.543 e. The number of carbonyl (C=O) groups excluding carboxylic acids is 3. The van der Waals surface area contributed by atoms with Gasteiger partial charge in [-0.1, -0.05) is 5.16 Å². The molecule has 0 saturated carbocycles. The number of carboxylic acids is 1. The van der Waals surface area contributed by atoms with Crippen molar-refractivity contribution in [3.63, 3.8) is 0 Å². The van der Waals surface area contributed by atoms with Gasteiger partial charge in [-0.25, -0.2) is 4.98 Å². The van der Waals surface area contributed by atoms with E-state index in [-0.39, 0.29) is 29.3 Å². The number of nitrogens with one attached hydrogen (secondary N) is 1. The molecule has 3 N–H and O–H groups in total. The molecule has 0 bridgehead atoms. The van der Waals surface area contributed by atoms with Crippen LogP contribution in [0.15, 0.2) is 62.7 Å². The fraction of sp³-hybridized carbons (Fsp3) is 0.238. The molecule has 4 rings (SSSR count). The van der Waals surface area contributed by atoms with Crippen LogP contribution in [0.1, 0.15) is 5.69 Å². The number of aryl methyl sites for hydroxylation is 1. The second-order valence-corrected chi connectivity index (χ2v) is 10.3. The van der Waals surface area contributed by atoms with Crippen LogP contribution in [0.2, 0.25) is 0 Å². The molecule has 0 aliphatic carbocycles. The molecule has 11 nitrogen and oxygen atoms in total. The Morgan fingerprint density at radius 2 is 2.26 bits per heavy atom. The molecular formula is C21H20N6O5S3. The molecule has 0 radical (unpaired) electrons. The molecule has 2 atom stereocenters. The third-order valence-corrected chi connectivity index (χ3v) is 7.99. The van der Waals surface area contributed by atoms with Crippen molar-refractivity contribution in [3.8, 4) is 0 Å². The van der Waals surface area contributed by atoms with E-state index in [1.54, 1.807) is 16.9 Å². The van der Waals surface area contributed by atoms with Crippen molar-refractivity contribution in [1.82, 2.24) is 15.2 Å². The van der Waals surface area contributed by atoms with Crippen LogP contribution in [-0.2, 0) is 32.7 Å². The third-order valence-electron chi connectivity index (χ3n) is 5.00. The summed E-state index contributed by atoms with van der Waals surface area (Å²) < 4.78 is 1.90. The Balaban J connectivity index is 1.66. The predicted octanol–water partition coefficient (Wildman–Crippen LogP) is -0.238. The summed E-state index contributed by atoms with van der Waals surface area (Å²) in [6.45, 7) is 0. The first kappa shape index (κ1) is 24.8. The van der Waals surface area contributed by atoms with Crippen molar-refractivity contribution in [2.75, 3.05) is 12.8 Å². The van der Waals surface area contributed by atoms with Crippen molar-refractivity contribution in [1.29, 1.82) is 0 Å². The largest absolute Gasteiger partial charge is 0.543 e. The van der Waals surface area contributed by atoms with Gasteiger partial charge < -0.3 is 25.8 Å². The molecule has 4 heterocycles. The lowest BCUT2D eigenvalue weighted by Gasteiger charge is -2.47. The van der Waals surface area contributed by atoms with Gasteiger partial charge in [0.15, 0.2) is 17.0 Å². The minimum atomic E-state index is -1.54. The summed E-state index contributed by atoms with van der Waals surface area (Å²) in [5.74, 6) is -2.52. The number of rotatable bonds is 8. The molecule has 2 aliphatic rings.